The average molecular weight is 955 g/mol. The second kappa shape index (κ2) is 20.5. The van der Waals surface area contributed by atoms with Crippen molar-refractivity contribution in [1.29, 1.82) is 0 Å². The molecular formula is C70H58N4. The molecule has 0 N–H and O–H groups in total. The van der Waals surface area contributed by atoms with E-state index in [0.717, 1.165) is 81.7 Å². The molecule has 1 unspecified atom stereocenters. The van der Waals surface area contributed by atoms with Crippen LogP contribution in [0, 0.1) is 6.92 Å². The molecule has 4 nitrogen and oxygen atoms in total. The molecule has 0 aromatic heterocycles. The van der Waals surface area contributed by atoms with Gasteiger partial charge in [-0.25, -0.2) is 0 Å². The molecule has 2 aliphatic rings. The van der Waals surface area contributed by atoms with Crippen molar-refractivity contribution < 1.29 is 0 Å². The van der Waals surface area contributed by atoms with Gasteiger partial charge in [-0.2, -0.15) is 0 Å². The molecule has 0 aliphatic heterocycles. The molecule has 0 spiro atoms. The molecule has 0 saturated carbocycles. The van der Waals surface area contributed by atoms with Crippen LogP contribution >= 0.6 is 0 Å². The Morgan fingerprint density at radius 2 is 0.851 bits per heavy atom. The Morgan fingerprint density at radius 3 is 1.46 bits per heavy atom. The number of allylic oxidation sites excluding steroid dienone is 4. The van der Waals surface area contributed by atoms with Crippen molar-refractivity contribution >= 4 is 79.4 Å². The van der Waals surface area contributed by atoms with E-state index in [-0.39, 0.29) is 0 Å². The van der Waals surface area contributed by atoms with E-state index >= 15 is 0 Å². The maximum atomic E-state index is 2.42. The van der Waals surface area contributed by atoms with Gasteiger partial charge in [0.15, 0.2) is 0 Å². The molecule has 0 heterocycles. The number of rotatable bonds is 13. The SMILES string of the molecule is Cc1cc(N(c2ccccc2)c2cccc3ccccc23)ccc1N(C1=CCCC=C1)c1ccc(-c2ccc(N(c3ccccc3)c3ccc(N(c4ccccc4)c4cccc5c4C(C)CC=C5)cc3)cc2)cc1. The molecule has 0 saturated heterocycles. The zero-order valence-electron chi connectivity index (χ0n) is 42.0. The van der Waals surface area contributed by atoms with Gasteiger partial charge in [-0.05, 0) is 187 Å². The monoisotopic (exact) mass is 954 g/mol. The van der Waals surface area contributed by atoms with Crippen molar-refractivity contribution in [2.45, 2.75) is 39.0 Å². The number of para-hydroxylation sites is 3. The second-order valence-corrected chi connectivity index (χ2v) is 19.4. The summed E-state index contributed by atoms with van der Waals surface area (Å²) in [5.74, 6) is 0.422. The standard InChI is InChI=1S/C70H58N4/c1-51-20-17-23-56-24-19-35-69(70(51)56)73(59-29-11-5-12-30-59)64-46-44-62(45-47-64)71(57-25-7-3-8-26-57)61-40-36-53(37-41-61)54-38-42-63(43-39-54)72(58-27-9-4-10-28-58)67-49-48-65(50-52(67)2)74(60-31-13-6-14-32-60)68-34-18-22-55-21-15-16-33-66(55)68/h3,5-9,11-19,21-51H,4,10,20H2,1-2H3. The molecule has 0 bridgehead atoms. The molecule has 4 heteroatoms. The van der Waals surface area contributed by atoms with E-state index in [4.69, 9.17) is 0 Å². The van der Waals surface area contributed by atoms with Crippen molar-refractivity contribution in [1.82, 2.24) is 0 Å². The van der Waals surface area contributed by atoms with Gasteiger partial charge < -0.3 is 19.6 Å². The van der Waals surface area contributed by atoms with Crippen molar-refractivity contribution in [3.63, 3.8) is 0 Å². The Bertz CT molecular complexity index is 3650. The highest BCUT2D eigenvalue weighted by molar-refractivity contribution is 5.99. The molecule has 74 heavy (non-hydrogen) atoms. The van der Waals surface area contributed by atoms with Gasteiger partial charge in [0.05, 0.1) is 11.4 Å². The largest absolute Gasteiger partial charge is 0.311 e. The van der Waals surface area contributed by atoms with Crippen LogP contribution < -0.4 is 19.6 Å². The number of hydrogen-bond donors (Lipinski definition) is 0. The molecule has 12 rings (SSSR count). The van der Waals surface area contributed by atoms with Gasteiger partial charge in [0, 0.05) is 62.3 Å². The van der Waals surface area contributed by atoms with Crippen LogP contribution in [0.15, 0.2) is 273 Å². The van der Waals surface area contributed by atoms with Crippen LogP contribution in [-0.2, 0) is 0 Å². The van der Waals surface area contributed by atoms with E-state index in [1.807, 2.05) is 0 Å². The zero-order chi connectivity index (χ0) is 49.8. The summed E-state index contributed by atoms with van der Waals surface area (Å²) in [5, 5.41) is 2.44. The number of aryl methyl sites for hydroxylation is 1. The molecule has 10 aromatic carbocycles. The number of hydrogen-bond acceptors (Lipinski definition) is 4. The summed E-state index contributed by atoms with van der Waals surface area (Å²) in [6.45, 7) is 4.58. The first-order valence-electron chi connectivity index (χ1n) is 26.0. The minimum atomic E-state index is 0.422. The lowest BCUT2D eigenvalue weighted by atomic mass is 9.86. The third kappa shape index (κ3) is 9.08. The summed E-state index contributed by atoms with van der Waals surface area (Å²) in [4.78, 5) is 9.56. The first-order valence-corrected chi connectivity index (χ1v) is 26.0. The highest BCUT2D eigenvalue weighted by Crippen LogP contribution is 2.46. The van der Waals surface area contributed by atoms with Crippen LogP contribution in [0.1, 0.15) is 48.8 Å². The van der Waals surface area contributed by atoms with E-state index in [1.165, 1.54) is 44.4 Å². The van der Waals surface area contributed by atoms with E-state index in [2.05, 4.69) is 306 Å². The maximum absolute atomic E-state index is 2.42. The smallest absolute Gasteiger partial charge is 0.0540 e. The highest BCUT2D eigenvalue weighted by Gasteiger charge is 2.24. The summed E-state index contributed by atoms with van der Waals surface area (Å²) >= 11 is 0. The summed E-state index contributed by atoms with van der Waals surface area (Å²) in [6, 6.07) is 88.1. The first-order chi connectivity index (χ1) is 36.6. The quantitative estimate of drug-likeness (QED) is 0.114. The number of anilines is 11. The van der Waals surface area contributed by atoms with Crippen molar-refractivity contribution in [2.24, 2.45) is 0 Å². The molecule has 358 valence electrons. The molecule has 10 aromatic rings. The number of benzene rings is 10. The molecular weight excluding hydrogens is 897 g/mol. The predicted octanol–water partition coefficient (Wildman–Crippen LogP) is 20.1. The van der Waals surface area contributed by atoms with Crippen LogP contribution in [0.3, 0.4) is 0 Å². The predicted molar refractivity (Wildman–Crippen MR) is 315 cm³/mol. The van der Waals surface area contributed by atoms with Gasteiger partial charge in [-0.1, -0.05) is 159 Å². The van der Waals surface area contributed by atoms with Gasteiger partial charge in [-0.15, -0.1) is 0 Å². The Hall–Kier alpha value is -9.12. The fourth-order valence-electron chi connectivity index (χ4n) is 11.0. The van der Waals surface area contributed by atoms with Crippen LogP contribution in [0.4, 0.5) is 62.6 Å². The Kier molecular flexibility index (Phi) is 12.8. The maximum Gasteiger partial charge on any atom is 0.0540 e. The van der Waals surface area contributed by atoms with Crippen LogP contribution in [0.5, 0.6) is 0 Å². The van der Waals surface area contributed by atoms with Crippen molar-refractivity contribution in [3.05, 3.63) is 289 Å². The fraction of sp³-hybridized carbons (Fsp3) is 0.0857. The van der Waals surface area contributed by atoms with E-state index in [9.17, 15) is 0 Å². The fourth-order valence-corrected chi connectivity index (χ4v) is 11.0. The lowest BCUT2D eigenvalue weighted by Crippen LogP contribution is -2.18. The van der Waals surface area contributed by atoms with E-state index in [1.54, 1.807) is 0 Å². The average Bonchev–Trinajstić information content (AvgIpc) is 3.46. The molecule has 2 aliphatic carbocycles. The summed E-state index contributed by atoms with van der Waals surface area (Å²) in [7, 11) is 0. The molecule has 0 amide bonds. The lowest BCUT2D eigenvalue weighted by Gasteiger charge is -2.32. The van der Waals surface area contributed by atoms with Gasteiger partial charge in [0.1, 0.15) is 0 Å². The van der Waals surface area contributed by atoms with Crippen LogP contribution in [-0.4, -0.2) is 0 Å². The minimum absolute atomic E-state index is 0.422. The lowest BCUT2D eigenvalue weighted by molar-refractivity contribution is 0.771. The highest BCUT2D eigenvalue weighted by atomic mass is 15.2. The summed E-state index contributed by atoms with van der Waals surface area (Å²) < 4.78 is 0. The van der Waals surface area contributed by atoms with Gasteiger partial charge in [0.25, 0.3) is 0 Å². The third-order valence-electron chi connectivity index (χ3n) is 14.6. The van der Waals surface area contributed by atoms with E-state index in [0.29, 0.717) is 5.92 Å². The summed E-state index contributed by atoms with van der Waals surface area (Å²) in [6.07, 6.45) is 14.6. The number of nitrogens with zero attached hydrogens (tertiary/aromatic N) is 4. The third-order valence-corrected chi connectivity index (χ3v) is 14.6. The van der Waals surface area contributed by atoms with Crippen molar-refractivity contribution in [3.8, 4) is 11.1 Å². The molecule has 1 atom stereocenters. The Balaban J connectivity index is 0.849. The molecule has 0 fully saturated rings. The van der Waals surface area contributed by atoms with Gasteiger partial charge in [-0.3, -0.25) is 0 Å². The van der Waals surface area contributed by atoms with Crippen LogP contribution in [0.25, 0.3) is 28.0 Å². The van der Waals surface area contributed by atoms with E-state index < -0.39 is 0 Å². The summed E-state index contributed by atoms with van der Waals surface area (Å²) in [5.41, 5.74) is 19.8. The minimum Gasteiger partial charge on any atom is -0.311 e. The van der Waals surface area contributed by atoms with Gasteiger partial charge in [0.2, 0.25) is 0 Å². The Morgan fingerprint density at radius 1 is 0.365 bits per heavy atom. The number of fused-ring (bicyclic) bond motifs is 2. The zero-order valence-corrected chi connectivity index (χ0v) is 42.0. The van der Waals surface area contributed by atoms with Crippen LogP contribution in [0.2, 0.25) is 0 Å². The molecule has 0 radical (unpaired) electrons. The first kappa shape index (κ1) is 46.0. The normalized spacial score (nSPS) is 13.8. The second-order valence-electron chi connectivity index (χ2n) is 19.4. The van der Waals surface area contributed by atoms with Gasteiger partial charge >= 0.3 is 0 Å². The topological polar surface area (TPSA) is 13.0 Å². The van der Waals surface area contributed by atoms with Crippen molar-refractivity contribution in [2.75, 3.05) is 19.6 Å². The Labute approximate surface area is 436 Å².